The average Bonchev–Trinajstić information content (AvgIpc) is 2.70. The van der Waals surface area contributed by atoms with E-state index in [4.69, 9.17) is 0 Å². The number of carbonyl (C=O) groups excluding carboxylic acids is 2. The molecule has 0 unspecified atom stereocenters. The van der Waals surface area contributed by atoms with Gasteiger partial charge in [0.1, 0.15) is 0 Å². The molecule has 1 aliphatic heterocycles. The molecular weight excluding hydrogens is 364 g/mol. The van der Waals surface area contributed by atoms with Gasteiger partial charge in [-0.1, -0.05) is 18.2 Å². The summed E-state index contributed by atoms with van der Waals surface area (Å²) in [5.74, 6) is -1.14. The number of pyridine rings is 1. The van der Waals surface area contributed by atoms with Crippen molar-refractivity contribution in [3.63, 3.8) is 0 Å². The zero-order chi connectivity index (χ0) is 20.3. The molecule has 9 nitrogen and oxygen atoms in total. The van der Waals surface area contributed by atoms with Crippen LogP contribution in [0.4, 0.5) is 5.69 Å². The first-order chi connectivity index (χ1) is 13.4. The fourth-order valence-corrected chi connectivity index (χ4v) is 3.14. The molecule has 1 amide bonds. The van der Waals surface area contributed by atoms with Crippen LogP contribution in [0.2, 0.25) is 0 Å². The van der Waals surface area contributed by atoms with Crippen LogP contribution >= 0.6 is 0 Å². The number of nitro groups is 1. The van der Waals surface area contributed by atoms with Gasteiger partial charge in [0.05, 0.1) is 4.92 Å². The lowest BCUT2D eigenvalue weighted by atomic mass is 10.0. The molecule has 1 aromatic carbocycles. The molecule has 146 valence electrons. The first-order valence-corrected chi connectivity index (χ1v) is 8.81. The van der Waals surface area contributed by atoms with E-state index in [1.807, 2.05) is 7.05 Å². The summed E-state index contributed by atoms with van der Waals surface area (Å²) in [5, 5.41) is 11.0. The summed E-state index contributed by atoms with van der Waals surface area (Å²) in [6.45, 7) is 2.20. The Hall–Kier alpha value is -3.33. The molecule has 0 spiro atoms. The highest BCUT2D eigenvalue weighted by Crippen LogP contribution is 2.21. The second kappa shape index (κ2) is 8.13. The van der Waals surface area contributed by atoms with Crippen LogP contribution in [0.3, 0.4) is 0 Å². The van der Waals surface area contributed by atoms with Gasteiger partial charge in [0.15, 0.2) is 11.8 Å². The van der Waals surface area contributed by atoms with Crippen LogP contribution < -0.4 is 5.56 Å². The van der Waals surface area contributed by atoms with Crippen LogP contribution in [0.25, 0.3) is 0 Å². The number of nitrogens with zero attached hydrogens (tertiary/aromatic N) is 4. The lowest BCUT2D eigenvalue weighted by molar-refractivity contribution is -0.384. The van der Waals surface area contributed by atoms with Crippen LogP contribution in [0.15, 0.2) is 53.5 Å². The van der Waals surface area contributed by atoms with E-state index in [9.17, 15) is 24.5 Å². The molecule has 2 heterocycles. The smallest absolute Gasteiger partial charge is 0.270 e. The second-order valence-electron chi connectivity index (χ2n) is 6.65. The number of Topliss-reactive ketones (excluding diaryl/α,β-unsaturated/α-hetero) is 1. The molecule has 1 aliphatic rings. The highest BCUT2D eigenvalue weighted by Gasteiger charge is 2.35. The summed E-state index contributed by atoms with van der Waals surface area (Å²) in [6.07, 6.45) is 1.39. The van der Waals surface area contributed by atoms with Gasteiger partial charge in [0.2, 0.25) is 0 Å². The standard InChI is InChI=1S/C19H20N4O5/c1-20-9-11-21(12-10-20)19(26)17(22-8-3-2-7-16(22)24)18(25)14-5-4-6-15(13-14)23(27)28/h2-8,13,17H,9-12H2,1H3/t17-/m0/s1. The number of hydrogen-bond donors (Lipinski definition) is 0. The van der Waals surface area contributed by atoms with E-state index >= 15 is 0 Å². The molecule has 0 N–H and O–H groups in total. The quantitative estimate of drug-likeness (QED) is 0.329. The molecule has 28 heavy (non-hydrogen) atoms. The van der Waals surface area contributed by atoms with Crippen molar-refractivity contribution in [1.82, 2.24) is 14.4 Å². The van der Waals surface area contributed by atoms with Gasteiger partial charge in [-0.25, -0.2) is 0 Å². The van der Waals surface area contributed by atoms with Crippen molar-refractivity contribution in [3.05, 3.63) is 74.7 Å². The minimum Gasteiger partial charge on any atom is -0.338 e. The van der Waals surface area contributed by atoms with Gasteiger partial charge in [0, 0.05) is 56.1 Å². The molecule has 0 radical (unpaired) electrons. The minimum atomic E-state index is -1.40. The predicted octanol–water partition coefficient (Wildman–Crippen LogP) is 0.954. The van der Waals surface area contributed by atoms with Crippen molar-refractivity contribution < 1.29 is 14.5 Å². The van der Waals surface area contributed by atoms with Gasteiger partial charge < -0.3 is 9.80 Å². The molecule has 1 saturated heterocycles. The number of ketones is 1. The van der Waals surface area contributed by atoms with Crippen molar-refractivity contribution >= 4 is 17.4 Å². The number of likely N-dealkylation sites (N-methyl/N-ethyl adjacent to an activating group) is 1. The van der Waals surface area contributed by atoms with Crippen molar-refractivity contribution in [2.24, 2.45) is 0 Å². The summed E-state index contributed by atoms with van der Waals surface area (Å²) < 4.78 is 1.09. The van der Waals surface area contributed by atoms with Gasteiger partial charge in [-0.2, -0.15) is 0 Å². The fraction of sp³-hybridized carbons (Fsp3) is 0.316. The summed E-state index contributed by atoms with van der Waals surface area (Å²) in [7, 11) is 1.94. The third-order valence-electron chi connectivity index (χ3n) is 4.77. The normalized spacial score (nSPS) is 15.8. The van der Waals surface area contributed by atoms with Gasteiger partial charge >= 0.3 is 0 Å². The number of non-ortho nitro benzene ring substituents is 1. The third-order valence-corrected chi connectivity index (χ3v) is 4.77. The second-order valence-corrected chi connectivity index (χ2v) is 6.65. The molecule has 1 fully saturated rings. The van der Waals surface area contributed by atoms with Crippen LogP contribution in [0.1, 0.15) is 16.4 Å². The summed E-state index contributed by atoms with van der Waals surface area (Å²) in [6, 6.07) is 8.14. The number of carbonyl (C=O) groups is 2. The zero-order valence-electron chi connectivity index (χ0n) is 15.4. The number of hydrogen-bond acceptors (Lipinski definition) is 6. The van der Waals surface area contributed by atoms with E-state index < -0.39 is 28.2 Å². The maximum absolute atomic E-state index is 13.2. The van der Waals surface area contributed by atoms with Gasteiger partial charge in [-0.3, -0.25) is 29.1 Å². The Balaban J connectivity index is 2.01. The number of amides is 1. The first-order valence-electron chi connectivity index (χ1n) is 8.81. The molecule has 1 aromatic heterocycles. The monoisotopic (exact) mass is 384 g/mol. The molecule has 3 rings (SSSR count). The van der Waals surface area contributed by atoms with Crippen LogP contribution in [0.5, 0.6) is 0 Å². The molecule has 2 aromatic rings. The predicted molar refractivity (Wildman–Crippen MR) is 101 cm³/mol. The van der Waals surface area contributed by atoms with Crippen LogP contribution in [0, 0.1) is 10.1 Å². The summed E-state index contributed by atoms with van der Waals surface area (Å²) >= 11 is 0. The van der Waals surface area contributed by atoms with Gasteiger partial charge in [-0.15, -0.1) is 0 Å². The Labute approximate surface area is 160 Å². The Morgan fingerprint density at radius 2 is 1.79 bits per heavy atom. The Morgan fingerprint density at radius 1 is 1.07 bits per heavy atom. The summed E-state index contributed by atoms with van der Waals surface area (Å²) in [4.78, 5) is 52.8. The van der Waals surface area contributed by atoms with Crippen molar-refractivity contribution in [2.75, 3.05) is 33.2 Å². The minimum absolute atomic E-state index is 0.0115. The topological polar surface area (TPSA) is 106 Å². The van der Waals surface area contributed by atoms with Crippen LogP contribution in [-0.4, -0.2) is 64.2 Å². The molecule has 0 aliphatic carbocycles. The average molecular weight is 384 g/mol. The number of nitro benzene ring substituents is 1. The molecule has 0 bridgehead atoms. The fourth-order valence-electron chi connectivity index (χ4n) is 3.14. The third kappa shape index (κ3) is 3.99. The van der Waals surface area contributed by atoms with E-state index in [1.165, 1.54) is 36.5 Å². The number of rotatable bonds is 5. The Morgan fingerprint density at radius 3 is 2.43 bits per heavy atom. The van der Waals surface area contributed by atoms with E-state index in [2.05, 4.69) is 4.90 Å². The summed E-state index contributed by atoms with van der Waals surface area (Å²) in [5.41, 5.74) is -0.733. The highest BCUT2D eigenvalue weighted by molar-refractivity contribution is 6.12. The Bertz CT molecular complexity index is 963. The van der Waals surface area contributed by atoms with E-state index in [-0.39, 0.29) is 11.3 Å². The van der Waals surface area contributed by atoms with E-state index in [0.717, 1.165) is 10.6 Å². The first kappa shape index (κ1) is 19.4. The van der Waals surface area contributed by atoms with Crippen molar-refractivity contribution in [3.8, 4) is 0 Å². The van der Waals surface area contributed by atoms with E-state index in [1.54, 1.807) is 11.0 Å². The molecule has 9 heteroatoms. The van der Waals surface area contributed by atoms with Crippen molar-refractivity contribution in [2.45, 2.75) is 6.04 Å². The number of piperazine rings is 1. The maximum atomic E-state index is 13.2. The molecular formula is C19H20N4O5. The molecule has 0 saturated carbocycles. The maximum Gasteiger partial charge on any atom is 0.270 e. The SMILES string of the molecule is CN1CCN(C(=O)[C@H](C(=O)c2cccc([N+](=O)[O-])c2)n2ccccc2=O)CC1. The lowest BCUT2D eigenvalue weighted by Gasteiger charge is -2.34. The zero-order valence-corrected chi connectivity index (χ0v) is 15.4. The lowest BCUT2D eigenvalue weighted by Crippen LogP contribution is -2.51. The Kier molecular flexibility index (Phi) is 5.65. The number of aromatic nitrogens is 1. The van der Waals surface area contributed by atoms with Gasteiger partial charge in [-0.05, 0) is 13.1 Å². The van der Waals surface area contributed by atoms with Gasteiger partial charge in [0.25, 0.3) is 17.2 Å². The molecule has 1 atom stereocenters. The van der Waals surface area contributed by atoms with Crippen LogP contribution in [-0.2, 0) is 4.79 Å². The van der Waals surface area contributed by atoms with E-state index in [0.29, 0.717) is 26.2 Å². The van der Waals surface area contributed by atoms with Crippen molar-refractivity contribution in [1.29, 1.82) is 0 Å². The number of benzene rings is 1. The largest absolute Gasteiger partial charge is 0.338 e. The highest BCUT2D eigenvalue weighted by atomic mass is 16.6.